The van der Waals surface area contributed by atoms with Gasteiger partial charge in [0.25, 0.3) is 11.3 Å². The largest absolute Gasteiger partial charge is 0.433 e. The van der Waals surface area contributed by atoms with Crippen LogP contribution in [-0.2, 0) is 22.2 Å². The van der Waals surface area contributed by atoms with E-state index in [-0.39, 0.29) is 16.9 Å². The first kappa shape index (κ1) is 27.2. The van der Waals surface area contributed by atoms with Crippen molar-refractivity contribution in [1.82, 2.24) is 10.3 Å². The summed E-state index contributed by atoms with van der Waals surface area (Å²) in [7, 11) is 1.03. The van der Waals surface area contributed by atoms with Gasteiger partial charge < -0.3 is 10.6 Å². The maximum Gasteiger partial charge on any atom is 0.433 e. The van der Waals surface area contributed by atoms with Gasteiger partial charge in [-0.05, 0) is 49.2 Å². The van der Waals surface area contributed by atoms with E-state index in [4.69, 9.17) is 4.55 Å². The Kier molecular flexibility index (Phi) is 9.10. The Balaban J connectivity index is 2.19. The molecule has 2 unspecified atom stereocenters. The number of aromatic nitrogens is 1. The summed E-state index contributed by atoms with van der Waals surface area (Å²) in [6.45, 7) is 3.65. The minimum atomic E-state index is -4.63. The number of amides is 1. The lowest BCUT2D eigenvalue weighted by molar-refractivity contribution is -0.141. The number of nitrogens with one attached hydrogen (secondary N) is 2. The van der Waals surface area contributed by atoms with E-state index in [0.717, 1.165) is 31.3 Å². The molecular formula is C21H23F5N4O3S. The molecule has 0 bridgehead atoms. The van der Waals surface area contributed by atoms with Gasteiger partial charge in [-0.15, -0.1) is 0 Å². The molecule has 0 aliphatic heterocycles. The van der Waals surface area contributed by atoms with Crippen molar-refractivity contribution in [2.24, 2.45) is 0 Å². The maximum absolute atomic E-state index is 14.3. The predicted molar refractivity (Wildman–Crippen MR) is 119 cm³/mol. The molecule has 0 saturated carbocycles. The number of halogens is 5. The molecule has 2 rings (SSSR count). The molecule has 0 spiro atoms. The fraction of sp³-hybridized carbons (Fsp3) is 0.333. The number of anilines is 2. The van der Waals surface area contributed by atoms with E-state index in [0.29, 0.717) is 17.3 Å². The molecule has 1 heterocycles. The number of benzene rings is 1. The average molecular weight is 506 g/mol. The molecule has 186 valence electrons. The quantitative estimate of drug-likeness (QED) is 0.261. The van der Waals surface area contributed by atoms with Crippen molar-refractivity contribution in [3.63, 3.8) is 0 Å². The van der Waals surface area contributed by atoms with Gasteiger partial charge >= 0.3 is 6.18 Å². The molecule has 13 heteroatoms. The van der Waals surface area contributed by atoms with Gasteiger partial charge in [-0.25, -0.2) is 18.0 Å². The van der Waals surface area contributed by atoms with Crippen LogP contribution >= 0.6 is 0 Å². The fourth-order valence-corrected chi connectivity index (χ4v) is 3.20. The number of carbonyl (C=O) groups is 1. The summed E-state index contributed by atoms with van der Waals surface area (Å²) < 4.78 is 88.1. The topological polar surface area (TPSA) is 94.6 Å². The van der Waals surface area contributed by atoms with Gasteiger partial charge in [-0.1, -0.05) is 6.92 Å². The first-order valence-corrected chi connectivity index (χ1v) is 11.1. The molecule has 0 aliphatic carbocycles. The number of alkyl halides is 3. The van der Waals surface area contributed by atoms with Crippen LogP contribution < -0.4 is 14.9 Å². The molecule has 1 aromatic heterocycles. The monoisotopic (exact) mass is 506 g/mol. The summed E-state index contributed by atoms with van der Waals surface area (Å²) in [5, 5.41) is 5.27. The first-order valence-electron chi connectivity index (χ1n) is 9.99. The molecule has 0 radical (unpaired) electrons. The van der Waals surface area contributed by atoms with E-state index in [1.807, 2.05) is 6.92 Å². The molecule has 0 fully saturated rings. The summed E-state index contributed by atoms with van der Waals surface area (Å²) in [5.41, 5.74) is -1.49. The van der Waals surface area contributed by atoms with Gasteiger partial charge in [-0.2, -0.15) is 13.2 Å². The maximum atomic E-state index is 14.3. The van der Waals surface area contributed by atoms with Crippen molar-refractivity contribution in [3.8, 4) is 0 Å². The van der Waals surface area contributed by atoms with Crippen molar-refractivity contribution in [2.45, 2.75) is 32.5 Å². The SMILES string of the molecule is CCCNc1nc(C(F)(F)F)ccc1C=CC(=O)NC(C)c1cc(F)c(N(C)S(=O)O)c(F)c1. The number of hydrogen-bond donors (Lipinski definition) is 3. The first-order chi connectivity index (χ1) is 15.8. The second-order valence-electron chi connectivity index (χ2n) is 7.18. The van der Waals surface area contributed by atoms with Crippen LogP contribution in [0.15, 0.2) is 30.3 Å². The van der Waals surface area contributed by atoms with Gasteiger partial charge in [0.1, 0.15) is 17.2 Å². The van der Waals surface area contributed by atoms with Crippen molar-refractivity contribution in [1.29, 1.82) is 0 Å². The second-order valence-corrected chi connectivity index (χ2v) is 8.19. The Hall–Kier alpha value is -3.06. The van der Waals surface area contributed by atoms with E-state index in [9.17, 15) is 31.0 Å². The van der Waals surface area contributed by atoms with Crippen molar-refractivity contribution < 1.29 is 35.5 Å². The summed E-state index contributed by atoms with van der Waals surface area (Å²) >= 11 is -2.64. The molecule has 3 N–H and O–H groups in total. The normalized spacial score (nSPS) is 13.6. The molecule has 1 aromatic carbocycles. The lowest BCUT2D eigenvalue weighted by Gasteiger charge is -2.19. The predicted octanol–water partition coefficient (Wildman–Crippen LogP) is 4.66. The van der Waals surface area contributed by atoms with E-state index in [2.05, 4.69) is 15.6 Å². The van der Waals surface area contributed by atoms with Crippen molar-refractivity contribution in [3.05, 3.63) is 58.8 Å². The smallest absolute Gasteiger partial charge is 0.370 e. The minimum Gasteiger partial charge on any atom is -0.370 e. The molecule has 0 aliphatic rings. The zero-order chi connectivity index (χ0) is 25.6. The number of nitrogens with zero attached hydrogens (tertiary/aromatic N) is 2. The molecule has 1 amide bonds. The zero-order valence-electron chi connectivity index (χ0n) is 18.4. The Morgan fingerprint density at radius 3 is 2.41 bits per heavy atom. The standard InChI is InChI=1S/C21H23F5N4O3S/c1-4-9-27-20-13(5-7-17(29-20)21(24,25)26)6-8-18(31)28-12(2)14-10-15(22)19(16(23)11-14)30(3)34(32)33/h5-8,10-12H,4,9H2,1-3H3,(H,27,29)(H,28,31)(H,32,33). The van der Waals surface area contributed by atoms with Crippen LogP contribution in [0.5, 0.6) is 0 Å². The van der Waals surface area contributed by atoms with E-state index in [1.54, 1.807) is 0 Å². The summed E-state index contributed by atoms with van der Waals surface area (Å²) in [5.74, 6) is -2.91. The second kappa shape index (κ2) is 11.4. The van der Waals surface area contributed by atoms with Crippen molar-refractivity contribution >= 4 is 34.8 Å². The third kappa shape index (κ3) is 6.97. The lowest BCUT2D eigenvalue weighted by Crippen LogP contribution is -2.26. The highest BCUT2D eigenvalue weighted by Crippen LogP contribution is 2.30. The lowest BCUT2D eigenvalue weighted by atomic mass is 10.1. The van der Waals surface area contributed by atoms with Crippen LogP contribution in [0, 0.1) is 11.6 Å². The summed E-state index contributed by atoms with van der Waals surface area (Å²) in [6, 6.07) is 2.95. The molecule has 34 heavy (non-hydrogen) atoms. The highest BCUT2D eigenvalue weighted by atomic mass is 32.2. The average Bonchev–Trinajstić information content (AvgIpc) is 2.74. The summed E-state index contributed by atoms with van der Waals surface area (Å²) in [4.78, 5) is 15.9. The van der Waals surface area contributed by atoms with Gasteiger partial charge in [0, 0.05) is 25.2 Å². The Bertz CT molecular complexity index is 1070. The third-order valence-electron chi connectivity index (χ3n) is 4.62. The van der Waals surface area contributed by atoms with Gasteiger partial charge in [0.05, 0.1) is 6.04 Å². The van der Waals surface area contributed by atoms with Crippen LogP contribution in [0.25, 0.3) is 6.08 Å². The highest BCUT2D eigenvalue weighted by Gasteiger charge is 2.33. The Labute approximate surface area is 195 Å². The van der Waals surface area contributed by atoms with Gasteiger partial charge in [-0.3, -0.25) is 13.7 Å². The van der Waals surface area contributed by atoms with E-state index >= 15 is 0 Å². The van der Waals surface area contributed by atoms with Crippen molar-refractivity contribution in [2.75, 3.05) is 23.2 Å². The van der Waals surface area contributed by atoms with Crippen LogP contribution in [0.2, 0.25) is 0 Å². The van der Waals surface area contributed by atoms with Crippen LogP contribution in [0.1, 0.15) is 43.1 Å². The van der Waals surface area contributed by atoms with Crippen LogP contribution in [-0.4, -0.2) is 33.2 Å². The fourth-order valence-electron chi connectivity index (χ4n) is 2.87. The Morgan fingerprint density at radius 1 is 1.26 bits per heavy atom. The highest BCUT2D eigenvalue weighted by molar-refractivity contribution is 7.80. The molecular weight excluding hydrogens is 483 g/mol. The van der Waals surface area contributed by atoms with Gasteiger partial charge in [0.15, 0.2) is 11.6 Å². The summed E-state index contributed by atoms with van der Waals surface area (Å²) in [6.07, 6.45) is -1.67. The van der Waals surface area contributed by atoms with E-state index in [1.165, 1.54) is 19.1 Å². The van der Waals surface area contributed by atoms with Gasteiger partial charge in [0.2, 0.25) is 5.91 Å². The number of rotatable bonds is 9. The minimum absolute atomic E-state index is 0.0427. The van der Waals surface area contributed by atoms with E-state index < -0.39 is 52.4 Å². The number of carbonyl (C=O) groups excluding carboxylic acids is 1. The molecule has 7 nitrogen and oxygen atoms in total. The number of pyridine rings is 1. The molecule has 2 atom stereocenters. The van der Waals surface area contributed by atoms with Crippen LogP contribution in [0.4, 0.5) is 33.5 Å². The molecule has 0 saturated heterocycles. The number of hydrogen-bond acceptors (Lipinski definition) is 4. The Morgan fingerprint density at radius 2 is 1.88 bits per heavy atom. The third-order valence-corrected chi connectivity index (χ3v) is 5.27. The zero-order valence-corrected chi connectivity index (χ0v) is 19.2. The van der Waals surface area contributed by atoms with Crippen LogP contribution in [0.3, 0.4) is 0 Å². The molecule has 2 aromatic rings.